The van der Waals surface area contributed by atoms with Crippen molar-refractivity contribution in [3.63, 3.8) is 0 Å². The topological polar surface area (TPSA) is 113 Å². The SMILES string of the molecule is CC(C)(C)OC(=O)N[C@H]1CSc2cc(F)c(-c3nn[nH]n3)cc2N(Cc2ccc(Cl)cc2)C1=O. The fraction of sp³-hybridized carbons (Fsp3) is 0.318. The lowest BCUT2D eigenvalue weighted by Gasteiger charge is -2.27. The maximum Gasteiger partial charge on any atom is 0.408 e. The van der Waals surface area contributed by atoms with E-state index in [1.54, 1.807) is 45.0 Å². The Labute approximate surface area is 204 Å². The molecule has 9 nitrogen and oxygen atoms in total. The number of carbonyl (C=O) groups is 2. The molecule has 0 radical (unpaired) electrons. The monoisotopic (exact) mass is 504 g/mol. The number of aromatic amines is 1. The zero-order valence-electron chi connectivity index (χ0n) is 18.6. The van der Waals surface area contributed by atoms with Gasteiger partial charge in [0, 0.05) is 15.7 Å². The second-order valence-corrected chi connectivity index (χ2v) is 10.1. The Morgan fingerprint density at radius 1 is 1.32 bits per heavy atom. The Hall–Kier alpha value is -3.18. The van der Waals surface area contributed by atoms with Crippen LogP contribution in [0.1, 0.15) is 26.3 Å². The molecule has 0 aliphatic carbocycles. The predicted molar refractivity (Wildman–Crippen MR) is 126 cm³/mol. The summed E-state index contributed by atoms with van der Waals surface area (Å²) in [5.74, 6) is -0.650. The fourth-order valence-corrected chi connectivity index (χ4v) is 4.56. The van der Waals surface area contributed by atoms with Gasteiger partial charge in [0.1, 0.15) is 17.5 Å². The van der Waals surface area contributed by atoms with Gasteiger partial charge in [0.25, 0.3) is 5.91 Å². The summed E-state index contributed by atoms with van der Waals surface area (Å²) in [5.41, 5.74) is 0.650. The molecular formula is C22H22ClFN6O3S. The average Bonchev–Trinajstić information content (AvgIpc) is 3.26. The molecule has 34 heavy (non-hydrogen) atoms. The Morgan fingerprint density at radius 2 is 2.06 bits per heavy atom. The van der Waals surface area contributed by atoms with E-state index in [4.69, 9.17) is 16.3 Å². The number of carbonyl (C=O) groups excluding carboxylic acids is 2. The molecular weight excluding hydrogens is 483 g/mol. The minimum atomic E-state index is -0.892. The zero-order chi connectivity index (χ0) is 24.5. The summed E-state index contributed by atoms with van der Waals surface area (Å²) in [6.45, 7) is 5.39. The molecule has 0 fully saturated rings. The van der Waals surface area contributed by atoms with Gasteiger partial charge in [-0.15, -0.1) is 22.0 Å². The van der Waals surface area contributed by atoms with Crippen LogP contribution < -0.4 is 10.2 Å². The number of ether oxygens (including phenoxy) is 1. The predicted octanol–water partition coefficient (Wildman–Crippen LogP) is 4.19. The summed E-state index contributed by atoms with van der Waals surface area (Å²) < 4.78 is 20.2. The van der Waals surface area contributed by atoms with Crippen LogP contribution in [0.3, 0.4) is 0 Å². The number of fused-ring (bicyclic) bond motifs is 1. The maximum atomic E-state index is 14.9. The average molecular weight is 505 g/mol. The van der Waals surface area contributed by atoms with Crippen molar-refractivity contribution in [2.45, 2.75) is 43.9 Å². The highest BCUT2D eigenvalue weighted by atomic mass is 35.5. The molecule has 1 aliphatic heterocycles. The van der Waals surface area contributed by atoms with E-state index in [1.807, 2.05) is 0 Å². The van der Waals surface area contributed by atoms with Crippen molar-refractivity contribution in [1.82, 2.24) is 25.9 Å². The van der Waals surface area contributed by atoms with Crippen molar-refractivity contribution in [2.24, 2.45) is 0 Å². The maximum absolute atomic E-state index is 14.9. The molecule has 1 aliphatic rings. The second kappa shape index (κ2) is 9.59. The minimum Gasteiger partial charge on any atom is -0.444 e. The van der Waals surface area contributed by atoms with Gasteiger partial charge in [-0.1, -0.05) is 23.7 Å². The molecule has 3 aromatic rings. The van der Waals surface area contributed by atoms with E-state index >= 15 is 0 Å². The number of anilines is 1. The van der Waals surface area contributed by atoms with Crippen molar-refractivity contribution in [3.05, 3.63) is 52.8 Å². The molecule has 12 heteroatoms. The standard InChI is InChI=1S/C22H22ClFN6O3S/c1-22(2,3)33-21(32)25-16-11-34-18-9-15(24)14(19-26-28-29-27-19)8-17(18)30(20(16)31)10-12-4-6-13(23)7-5-12/h4-9,16H,10-11H2,1-3H3,(H,25,32)(H,26,27,28,29)/t16-/m0/s1. The van der Waals surface area contributed by atoms with Gasteiger partial charge in [-0.25, -0.2) is 9.18 Å². The summed E-state index contributed by atoms with van der Waals surface area (Å²) in [7, 11) is 0. The first-order valence-electron chi connectivity index (χ1n) is 10.4. The number of amides is 2. The lowest BCUT2D eigenvalue weighted by atomic mass is 10.1. The molecule has 2 amide bonds. The first-order chi connectivity index (χ1) is 16.1. The third-order valence-corrected chi connectivity index (χ3v) is 6.23. The Bertz CT molecular complexity index is 1200. The molecule has 2 aromatic carbocycles. The molecule has 0 unspecified atom stereocenters. The van der Waals surface area contributed by atoms with Crippen molar-refractivity contribution in [2.75, 3.05) is 10.7 Å². The highest BCUT2D eigenvalue weighted by Crippen LogP contribution is 2.39. The Kier molecular flexibility index (Phi) is 6.76. The lowest BCUT2D eigenvalue weighted by Crippen LogP contribution is -2.50. The molecule has 1 atom stereocenters. The van der Waals surface area contributed by atoms with Crippen molar-refractivity contribution in [3.8, 4) is 11.4 Å². The zero-order valence-corrected chi connectivity index (χ0v) is 20.2. The van der Waals surface area contributed by atoms with Crippen LogP contribution in [0.2, 0.25) is 5.02 Å². The number of H-pyrrole nitrogens is 1. The van der Waals surface area contributed by atoms with E-state index in [0.717, 1.165) is 5.56 Å². The summed E-state index contributed by atoms with van der Waals surface area (Å²) in [6, 6.07) is 9.01. The number of aromatic nitrogens is 4. The number of nitrogens with zero attached hydrogens (tertiary/aromatic N) is 4. The lowest BCUT2D eigenvalue weighted by molar-refractivity contribution is -0.120. The van der Waals surface area contributed by atoms with Crippen LogP contribution in [0.5, 0.6) is 0 Å². The van der Waals surface area contributed by atoms with Crippen LogP contribution in [0.15, 0.2) is 41.3 Å². The molecule has 2 heterocycles. The van der Waals surface area contributed by atoms with Gasteiger partial charge >= 0.3 is 6.09 Å². The molecule has 1 aromatic heterocycles. The number of nitrogens with one attached hydrogen (secondary N) is 2. The van der Waals surface area contributed by atoms with E-state index in [1.165, 1.54) is 28.8 Å². The molecule has 0 saturated heterocycles. The smallest absolute Gasteiger partial charge is 0.408 e. The summed E-state index contributed by atoms with van der Waals surface area (Å²) >= 11 is 7.27. The second-order valence-electron chi connectivity index (χ2n) is 8.60. The summed E-state index contributed by atoms with van der Waals surface area (Å²) in [5, 5.41) is 16.7. The molecule has 0 spiro atoms. The number of hydrogen-bond acceptors (Lipinski definition) is 7. The number of hydrogen-bond donors (Lipinski definition) is 2. The Morgan fingerprint density at radius 3 is 2.71 bits per heavy atom. The normalized spacial score (nSPS) is 16.1. The molecule has 2 N–H and O–H groups in total. The van der Waals surface area contributed by atoms with E-state index in [2.05, 4.69) is 25.9 Å². The number of thioether (sulfide) groups is 1. The first kappa shape index (κ1) is 24.0. The number of tetrazole rings is 1. The molecule has 0 bridgehead atoms. The minimum absolute atomic E-state index is 0.0665. The quantitative estimate of drug-likeness (QED) is 0.547. The largest absolute Gasteiger partial charge is 0.444 e. The van der Waals surface area contributed by atoms with Gasteiger partial charge in [0.2, 0.25) is 5.82 Å². The van der Waals surface area contributed by atoms with Crippen LogP contribution in [0.25, 0.3) is 11.4 Å². The van der Waals surface area contributed by atoms with Gasteiger partial charge in [0.05, 0.1) is 17.8 Å². The highest BCUT2D eigenvalue weighted by molar-refractivity contribution is 7.99. The van der Waals surface area contributed by atoms with E-state index in [0.29, 0.717) is 15.6 Å². The van der Waals surface area contributed by atoms with Gasteiger partial charge in [-0.05, 0) is 55.8 Å². The highest BCUT2D eigenvalue weighted by Gasteiger charge is 2.34. The summed E-state index contributed by atoms with van der Waals surface area (Å²) in [4.78, 5) is 28.1. The van der Waals surface area contributed by atoms with Crippen LogP contribution in [0, 0.1) is 5.82 Å². The van der Waals surface area contributed by atoms with Crippen molar-refractivity contribution in [1.29, 1.82) is 0 Å². The molecule has 178 valence electrons. The number of rotatable bonds is 4. The van der Waals surface area contributed by atoms with Gasteiger partial charge in [-0.3, -0.25) is 4.79 Å². The van der Waals surface area contributed by atoms with Gasteiger partial charge < -0.3 is 15.0 Å². The third kappa shape index (κ3) is 5.48. The Balaban J connectivity index is 1.72. The first-order valence-corrected chi connectivity index (χ1v) is 11.7. The van der Waals surface area contributed by atoms with E-state index in [9.17, 15) is 14.0 Å². The fourth-order valence-electron chi connectivity index (χ4n) is 3.36. The van der Waals surface area contributed by atoms with Crippen LogP contribution in [-0.2, 0) is 16.1 Å². The van der Waals surface area contributed by atoms with Crippen LogP contribution >= 0.6 is 23.4 Å². The summed E-state index contributed by atoms with van der Waals surface area (Å²) in [6.07, 6.45) is -0.706. The van der Waals surface area contributed by atoms with Crippen molar-refractivity contribution < 1.29 is 18.7 Å². The number of halogens is 2. The molecule has 4 rings (SSSR count). The van der Waals surface area contributed by atoms with Crippen molar-refractivity contribution >= 4 is 41.1 Å². The van der Waals surface area contributed by atoms with Gasteiger partial charge in [-0.2, -0.15) is 5.21 Å². The van der Waals surface area contributed by atoms with E-state index < -0.39 is 23.6 Å². The van der Waals surface area contributed by atoms with Crippen LogP contribution in [-0.4, -0.2) is 50.0 Å². The third-order valence-electron chi connectivity index (χ3n) is 4.84. The van der Waals surface area contributed by atoms with Gasteiger partial charge in [0.15, 0.2) is 0 Å². The van der Waals surface area contributed by atoms with E-state index in [-0.39, 0.29) is 29.6 Å². The number of alkyl carbamates (subject to hydrolysis) is 1. The molecule has 0 saturated carbocycles. The van der Waals surface area contributed by atoms with Crippen LogP contribution in [0.4, 0.5) is 14.9 Å². The number of benzene rings is 2.